The summed E-state index contributed by atoms with van der Waals surface area (Å²) in [6.07, 6.45) is 4.74. The average Bonchev–Trinajstić information content (AvgIpc) is 3.18. The van der Waals surface area contributed by atoms with E-state index in [9.17, 15) is 18.4 Å². The Hall–Kier alpha value is -3.01. The lowest BCUT2D eigenvalue weighted by atomic mass is 10.0. The number of aryl methyl sites for hydroxylation is 1. The van der Waals surface area contributed by atoms with Crippen LogP contribution in [0.15, 0.2) is 24.4 Å². The summed E-state index contributed by atoms with van der Waals surface area (Å²) in [5.74, 6) is -0.445. The number of amides is 3. The number of hydrogen-bond acceptors (Lipinski definition) is 4. The molecule has 0 spiro atoms. The molecule has 1 saturated heterocycles. The minimum Gasteiger partial charge on any atom is -0.358 e. The molecule has 172 valence electrons. The topological polar surface area (TPSA) is 91.3 Å². The minimum atomic E-state index is -0.643. The van der Waals surface area contributed by atoms with Crippen LogP contribution in [0.1, 0.15) is 25.1 Å². The molecule has 3 heterocycles. The third-order valence-corrected chi connectivity index (χ3v) is 6.10. The van der Waals surface area contributed by atoms with Crippen molar-refractivity contribution >= 4 is 11.9 Å². The molecule has 0 aliphatic carbocycles. The van der Waals surface area contributed by atoms with E-state index in [4.69, 9.17) is 0 Å². The molecular formula is C22H28F2N6O2. The van der Waals surface area contributed by atoms with E-state index in [1.54, 1.807) is 13.2 Å². The van der Waals surface area contributed by atoms with Gasteiger partial charge in [-0.1, -0.05) is 0 Å². The summed E-state index contributed by atoms with van der Waals surface area (Å²) in [7, 11) is 1.63. The molecular weight excluding hydrogens is 418 g/mol. The SMILES string of the molecule is CNC(=O)CN1CCC(NC(=O)NC2CCc3nc(-c4ccc(F)cc4F)cn3C2)CC1. The highest BCUT2D eigenvalue weighted by atomic mass is 19.1. The van der Waals surface area contributed by atoms with E-state index in [0.29, 0.717) is 25.2 Å². The smallest absolute Gasteiger partial charge is 0.315 e. The zero-order valence-corrected chi connectivity index (χ0v) is 18.0. The van der Waals surface area contributed by atoms with Crippen LogP contribution in [0.4, 0.5) is 13.6 Å². The van der Waals surface area contributed by atoms with Gasteiger partial charge < -0.3 is 20.5 Å². The first-order valence-corrected chi connectivity index (χ1v) is 10.9. The van der Waals surface area contributed by atoms with Gasteiger partial charge in [0.05, 0.1) is 12.2 Å². The van der Waals surface area contributed by atoms with E-state index >= 15 is 0 Å². The van der Waals surface area contributed by atoms with Crippen LogP contribution in [0, 0.1) is 11.6 Å². The molecule has 8 nitrogen and oxygen atoms in total. The molecule has 1 fully saturated rings. The van der Waals surface area contributed by atoms with Crippen LogP contribution in [0.25, 0.3) is 11.3 Å². The molecule has 1 aromatic carbocycles. The molecule has 1 unspecified atom stereocenters. The number of nitrogens with one attached hydrogen (secondary N) is 3. The molecule has 2 aliphatic heterocycles. The normalized spacial score (nSPS) is 19.3. The van der Waals surface area contributed by atoms with Crippen molar-refractivity contribution in [3.05, 3.63) is 41.9 Å². The maximum atomic E-state index is 14.1. The predicted molar refractivity (Wildman–Crippen MR) is 115 cm³/mol. The summed E-state index contributed by atoms with van der Waals surface area (Å²) >= 11 is 0. The van der Waals surface area contributed by atoms with Gasteiger partial charge in [-0.2, -0.15) is 0 Å². The molecule has 0 bridgehead atoms. The number of rotatable bonds is 5. The summed E-state index contributed by atoms with van der Waals surface area (Å²) in [5.41, 5.74) is 0.726. The zero-order chi connectivity index (χ0) is 22.7. The fourth-order valence-electron chi connectivity index (χ4n) is 4.32. The van der Waals surface area contributed by atoms with Crippen molar-refractivity contribution in [1.29, 1.82) is 0 Å². The van der Waals surface area contributed by atoms with E-state index in [-0.39, 0.29) is 29.6 Å². The number of likely N-dealkylation sites (tertiary alicyclic amines) is 1. The van der Waals surface area contributed by atoms with E-state index in [1.165, 1.54) is 12.1 Å². The number of imidazole rings is 1. The molecule has 3 amide bonds. The highest BCUT2D eigenvalue weighted by Gasteiger charge is 2.25. The Bertz CT molecular complexity index is 987. The van der Waals surface area contributed by atoms with E-state index < -0.39 is 11.6 Å². The van der Waals surface area contributed by atoms with Gasteiger partial charge in [0.2, 0.25) is 5.91 Å². The van der Waals surface area contributed by atoms with Crippen molar-refractivity contribution in [2.45, 2.75) is 44.3 Å². The highest BCUT2D eigenvalue weighted by Crippen LogP contribution is 2.25. The first-order valence-electron chi connectivity index (χ1n) is 10.9. The monoisotopic (exact) mass is 446 g/mol. The lowest BCUT2D eigenvalue weighted by molar-refractivity contribution is -0.122. The Morgan fingerprint density at radius 2 is 1.88 bits per heavy atom. The number of nitrogens with zero attached hydrogens (tertiary/aromatic N) is 3. The number of hydrogen-bond donors (Lipinski definition) is 3. The van der Waals surface area contributed by atoms with Gasteiger partial charge in [-0.05, 0) is 31.4 Å². The molecule has 1 aromatic heterocycles. The summed E-state index contributed by atoms with van der Waals surface area (Å²) in [6, 6.07) is 3.28. The molecule has 2 aliphatic rings. The second kappa shape index (κ2) is 9.64. The number of likely N-dealkylation sites (N-methyl/N-ethyl adjacent to an activating group) is 1. The van der Waals surface area contributed by atoms with Crippen molar-refractivity contribution in [3.8, 4) is 11.3 Å². The van der Waals surface area contributed by atoms with Crippen LogP contribution in [-0.2, 0) is 17.8 Å². The standard InChI is InChI=1S/C22H28F2N6O2/c1-25-21(31)13-29-8-6-15(7-9-29)26-22(32)27-16-3-5-20-28-19(12-30(20)11-16)17-4-2-14(23)10-18(17)24/h2,4,10,12,15-16H,3,5-9,11,13H2,1H3,(H,25,31)(H2,26,27,32). The van der Waals surface area contributed by atoms with Gasteiger partial charge in [0.15, 0.2) is 0 Å². The Morgan fingerprint density at radius 3 is 2.59 bits per heavy atom. The minimum absolute atomic E-state index is 0.00403. The number of aromatic nitrogens is 2. The molecule has 2 aromatic rings. The van der Waals surface area contributed by atoms with Gasteiger partial charge in [0, 0.05) is 63.0 Å². The van der Waals surface area contributed by atoms with Gasteiger partial charge in [-0.15, -0.1) is 0 Å². The second-order valence-electron chi connectivity index (χ2n) is 8.40. The number of carbonyl (C=O) groups excluding carboxylic acids is 2. The van der Waals surface area contributed by atoms with Gasteiger partial charge in [-0.25, -0.2) is 18.6 Å². The Labute approximate surface area is 185 Å². The predicted octanol–water partition coefficient (Wildman–Crippen LogP) is 1.65. The number of benzene rings is 1. The number of fused-ring (bicyclic) bond motifs is 1. The van der Waals surface area contributed by atoms with Crippen molar-refractivity contribution in [1.82, 2.24) is 30.4 Å². The number of urea groups is 1. The number of piperidine rings is 1. The first-order chi connectivity index (χ1) is 15.4. The molecule has 3 N–H and O–H groups in total. The third-order valence-electron chi connectivity index (χ3n) is 6.10. The van der Waals surface area contributed by atoms with Gasteiger partial charge in [0.25, 0.3) is 0 Å². The quantitative estimate of drug-likeness (QED) is 0.652. The van der Waals surface area contributed by atoms with Crippen LogP contribution in [0.3, 0.4) is 0 Å². The maximum absolute atomic E-state index is 14.1. The number of halogens is 2. The lowest BCUT2D eigenvalue weighted by Crippen LogP contribution is -2.52. The fourth-order valence-corrected chi connectivity index (χ4v) is 4.32. The molecule has 4 rings (SSSR count). The summed E-state index contributed by atoms with van der Waals surface area (Å²) in [6.45, 7) is 2.46. The molecule has 0 radical (unpaired) electrons. The summed E-state index contributed by atoms with van der Waals surface area (Å²) in [4.78, 5) is 30.6. The van der Waals surface area contributed by atoms with Crippen molar-refractivity contribution < 1.29 is 18.4 Å². The Morgan fingerprint density at radius 1 is 1.12 bits per heavy atom. The van der Waals surface area contributed by atoms with Crippen LogP contribution in [0.2, 0.25) is 0 Å². The zero-order valence-electron chi connectivity index (χ0n) is 18.0. The van der Waals surface area contributed by atoms with Crippen LogP contribution < -0.4 is 16.0 Å². The van der Waals surface area contributed by atoms with Gasteiger partial charge >= 0.3 is 6.03 Å². The average molecular weight is 447 g/mol. The second-order valence-corrected chi connectivity index (χ2v) is 8.40. The highest BCUT2D eigenvalue weighted by molar-refractivity contribution is 5.77. The summed E-state index contributed by atoms with van der Waals surface area (Å²) in [5, 5.41) is 8.69. The summed E-state index contributed by atoms with van der Waals surface area (Å²) < 4.78 is 29.2. The van der Waals surface area contributed by atoms with Crippen LogP contribution >= 0.6 is 0 Å². The van der Waals surface area contributed by atoms with Crippen molar-refractivity contribution in [2.24, 2.45) is 0 Å². The molecule has 0 saturated carbocycles. The Kier molecular flexibility index (Phi) is 6.69. The lowest BCUT2D eigenvalue weighted by Gasteiger charge is -2.32. The number of carbonyl (C=O) groups is 2. The van der Waals surface area contributed by atoms with Crippen LogP contribution in [-0.4, -0.2) is 65.2 Å². The molecule has 10 heteroatoms. The van der Waals surface area contributed by atoms with E-state index in [2.05, 4.69) is 25.8 Å². The fraction of sp³-hybridized carbons (Fsp3) is 0.500. The maximum Gasteiger partial charge on any atom is 0.315 e. The van der Waals surface area contributed by atoms with Gasteiger partial charge in [-0.3, -0.25) is 9.69 Å². The van der Waals surface area contributed by atoms with Crippen molar-refractivity contribution in [3.63, 3.8) is 0 Å². The van der Waals surface area contributed by atoms with E-state index in [0.717, 1.165) is 44.2 Å². The first kappa shape index (κ1) is 22.2. The van der Waals surface area contributed by atoms with Crippen molar-refractivity contribution in [2.75, 3.05) is 26.7 Å². The largest absolute Gasteiger partial charge is 0.358 e. The van der Waals surface area contributed by atoms with Gasteiger partial charge in [0.1, 0.15) is 17.5 Å². The third kappa shape index (κ3) is 5.24. The molecule has 1 atom stereocenters. The Balaban J connectivity index is 1.28. The van der Waals surface area contributed by atoms with E-state index in [1.807, 2.05) is 4.57 Å². The van der Waals surface area contributed by atoms with Crippen LogP contribution in [0.5, 0.6) is 0 Å². The molecule has 32 heavy (non-hydrogen) atoms.